The molecular weight excluding hydrogens is 442 g/mol. The van der Waals surface area contributed by atoms with Gasteiger partial charge in [0.05, 0.1) is 24.7 Å². The number of fused-ring (bicyclic) bond motifs is 1. The molecule has 4 aromatic heterocycles. The molecular formula is C25H27N9O. The Balaban J connectivity index is 1.39. The maximum Gasteiger partial charge on any atom is 0.229 e. The minimum Gasteiger partial charge on any atom is -0.495 e. The first-order valence-electron chi connectivity index (χ1n) is 11.9. The van der Waals surface area contributed by atoms with Crippen molar-refractivity contribution in [3.05, 3.63) is 49.2 Å². The molecule has 5 aromatic rings. The molecule has 0 unspecified atom stereocenters. The second kappa shape index (κ2) is 8.86. The number of aromatic amines is 1. The fourth-order valence-electron chi connectivity index (χ4n) is 4.99. The maximum atomic E-state index is 5.66. The van der Waals surface area contributed by atoms with Crippen molar-refractivity contribution in [1.82, 2.24) is 39.5 Å². The van der Waals surface area contributed by atoms with E-state index in [0.717, 1.165) is 52.2 Å². The van der Waals surface area contributed by atoms with Crippen LogP contribution in [0.2, 0.25) is 0 Å². The predicted molar refractivity (Wildman–Crippen MR) is 134 cm³/mol. The second-order valence-corrected chi connectivity index (χ2v) is 8.96. The van der Waals surface area contributed by atoms with Crippen LogP contribution in [-0.2, 0) is 7.05 Å². The molecule has 10 heteroatoms. The number of anilines is 2. The Labute approximate surface area is 202 Å². The number of rotatable bonds is 6. The van der Waals surface area contributed by atoms with Gasteiger partial charge in [-0.3, -0.25) is 5.10 Å². The van der Waals surface area contributed by atoms with Crippen LogP contribution in [0.1, 0.15) is 38.1 Å². The number of methoxy groups -OCH3 is 1. The highest BCUT2D eigenvalue weighted by Gasteiger charge is 2.23. The van der Waals surface area contributed by atoms with Gasteiger partial charge in [0.25, 0.3) is 0 Å². The fourth-order valence-corrected chi connectivity index (χ4v) is 4.99. The summed E-state index contributed by atoms with van der Waals surface area (Å²) in [7, 11) is 3.56. The molecule has 0 saturated heterocycles. The Kier molecular flexibility index (Phi) is 5.40. The van der Waals surface area contributed by atoms with Crippen LogP contribution in [0.25, 0.3) is 33.7 Å². The molecule has 0 bridgehead atoms. The van der Waals surface area contributed by atoms with Crippen LogP contribution in [0, 0.1) is 0 Å². The molecule has 1 aliphatic rings. The van der Waals surface area contributed by atoms with E-state index in [4.69, 9.17) is 9.72 Å². The van der Waals surface area contributed by atoms with Crippen molar-refractivity contribution in [1.29, 1.82) is 0 Å². The molecule has 1 aliphatic carbocycles. The molecule has 1 saturated carbocycles. The van der Waals surface area contributed by atoms with Gasteiger partial charge in [0.15, 0.2) is 5.82 Å². The topological polar surface area (TPSA) is 111 Å². The van der Waals surface area contributed by atoms with E-state index in [1.807, 2.05) is 48.4 Å². The van der Waals surface area contributed by atoms with Gasteiger partial charge < -0.3 is 19.2 Å². The van der Waals surface area contributed by atoms with Gasteiger partial charge in [-0.2, -0.15) is 10.1 Å². The van der Waals surface area contributed by atoms with Crippen molar-refractivity contribution in [2.24, 2.45) is 7.05 Å². The summed E-state index contributed by atoms with van der Waals surface area (Å²) < 4.78 is 9.91. The van der Waals surface area contributed by atoms with Gasteiger partial charge in [-0.05, 0) is 37.1 Å². The maximum absolute atomic E-state index is 5.66. The van der Waals surface area contributed by atoms with Crippen molar-refractivity contribution in [2.45, 2.75) is 38.1 Å². The van der Waals surface area contributed by atoms with Gasteiger partial charge in [-0.1, -0.05) is 19.3 Å². The molecule has 1 aromatic carbocycles. The second-order valence-electron chi connectivity index (χ2n) is 8.96. The highest BCUT2D eigenvalue weighted by molar-refractivity contribution is 5.85. The third kappa shape index (κ3) is 3.90. The van der Waals surface area contributed by atoms with Gasteiger partial charge in [0, 0.05) is 42.0 Å². The first-order valence-corrected chi connectivity index (χ1v) is 11.9. The number of hydrogen-bond acceptors (Lipinski definition) is 7. The number of hydrogen-bond donors (Lipinski definition) is 2. The van der Waals surface area contributed by atoms with Gasteiger partial charge in [0.1, 0.15) is 17.7 Å². The average Bonchev–Trinajstić information content (AvgIpc) is 3.64. The highest BCUT2D eigenvalue weighted by Crippen LogP contribution is 2.37. The van der Waals surface area contributed by atoms with Crippen molar-refractivity contribution in [2.75, 3.05) is 12.4 Å². The summed E-state index contributed by atoms with van der Waals surface area (Å²) in [5.41, 5.74) is 4.81. The van der Waals surface area contributed by atoms with E-state index in [1.54, 1.807) is 13.4 Å². The number of aryl methyl sites for hydroxylation is 1. The minimum absolute atomic E-state index is 0.411. The summed E-state index contributed by atoms with van der Waals surface area (Å²) in [5.74, 6) is 1.97. The molecule has 0 spiro atoms. The van der Waals surface area contributed by atoms with E-state index in [0.29, 0.717) is 17.7 Å². The molecule has 1 fully saturated rings. The van der Waals surface area contributed by atoms with Crippen molar-refractivity contribution in [3.63, 3.8) is 0 Å². The Bertz CT molecular complexity index is 1460. The van der Waals surface area contributed by atoms with E-state index in [1.165, 1.54) is 19.3 Å². The lowest BCUT2D eigenvalue weighted by Crippen LogP contribution is -2.14. The summed E-state index contributed by atoms with van der Waals surface area (Å²) in [6, 6.07) is 8.44. The van der Waals surface area contributed by atoms with Crippen LogP contribution < -0.4 is 10.1 Å². The highest BCUT2D eigenvalue weighted by atomic mass is 16.5. The number of nitrogens with one attached hydrogen (secondary N) is 2. The molecule has 0 amide bonds. The van der Waals surface area contributed by atoms with Gasteiger partial charge in [-0.25, -0.2) is 4.98 Å². The number of aromatic nitrogens is 8. The third-order valence-corrected chi connectivity index (χ3v) is 6.73. The normalized spacial score (nSPS) is 14.5. The molecule has 0 radical (unpaired) electrons. The zero-order chi connectivity index (χ0) is 23.8. The molecule has 6 rings (SSSR count). The molecule has 10 nitrogen and oxygen atoms in total. The zero-order valence-corrected chi connectivity index (χ0v) is 19.8. The third-order valence-electron chi connectivity index (χ3n) is 6.73. The van der Waals surface area contributed by atoms with Gasteiger partial charge in [-0.15, -0.1) is 10.2 Å². The van der Waals surface area contributed by atoms with Crippen LogP contribution in [0.15, 0.2) is 49.2 Å². The Morgan fingerprint density at radius 1 is 1.09 bits per heavy atom. The number of ether oxygens (including phenoxy) is 1. The zero-order valence-electron chi connectivity index (χ0n) is 19.8. The summed E-state index contributed by atoms with van der Waals surface area (Å²) in [5, 5.41) is 19.6. The van der Waals surface area contributed by atoms with E-state index in [2.05, 4.69) is 41.3 Å². The minimum atomic E-state index is 0.411. The summed E-state index contributed by atoms with van der Waals surface area (Å²) in [6.07, 6.45) is 13.4. The van der Waals surface area contributed by atoms with Crippen LogP contribution in [0.5, 0.6) is 5.75 Å². The predicted octanol–water partition coefficient (Wildman–Crippen LogP) is 4.87. The van der Waals surface area contributed by atoms with E-state index in [-0.39, 0.29) is 0 Å². The molecule has 35 heavy (non-hydrogen) atoms. The standard InChI is InChI=1S/C25H27N9O/c1-33-15-29-32-24(33)16-8-9-20(22(11-16)35-2)30-25-26-12-17-10-21(18-13-27-28-14-18)34(23(17)31-25)19-6-4-3-5-7-19/h8-15,19H,3-7H2,1-2H3,(H,27,28)(H,26,30,31). The largest absolute Gasteiger partial charge is 0.495 e. The summed E-state index contributed by atoms with van der Waals surface area (Å²) >= 11 is 0. The quantitative estimate of drug-likeness (QED) is 0.365. The lowest BCUT2D eigenvalue weighted by Gasteiger charge is -2.25. The molecule has 0 atom stereocenters. The molecule has 0 aliphatic heterocycles. The van der Waals surface area contributed by atoms with E-state index < -0.39 is 0 Å². The smallest absolute Gasteiger partial charge is 0.229 e. The summed E-state index contributed by atoms with van der Waals surface area (Å²) in [4.78, 5) is 9.57. The van der Waals surface area contributed by atoms with Crippen LogP contribution in [0.4, 0.5) is 11.6 Å². The van der Waals surface area contributed by atoms with Crippen LogP contribution in [0.3, 0.4) is 0 Å². The van der Waals surface area contributed by atoms with Crippen molar-refractivity contribution < 1.29 is 4.74 Å². The van der Waals surface area contributed by atoms with E-state index in [9.17, 15) is 0 Å². The number of benzene rings is 1. The monoisotopic (exact) mass is 469 g/mol. The van der Waals surface area contributed by atoms with Crippen molar-refractivity contribution >= 4 is 22.7 Å². The number of H-pyrrole nitrogens is 1. The van der Waals surface area contributed by atoms with Crippen molar-refractivity contribution in [3.8, 4) is 28.4 Å². The Morgan fingerprint density at radius 2 is 1.97 bits per heavy atom. The van der Waals surface area contributed by atoms with Crippen LogP contribution >= 0.6 is 0 Å². The first-order chi connectivity index (χ1) is 17.2. The van der Waals surface area contributed by atoms with E-state index >= 15 is 0 Å². The van der Waals surface area contributed by atoms with Gasteiger partial charge >= 0.3 is 0 Å². The SMILES string of the molecule is COc1cc(-c2nncn2C)ccc1Nc1ncc2cc(-c3cn[nH]c3)n(C3CCCCC3)c2n1. The first kappa shape index (κ1) is 21.3. The summed E-state index contributed by atoms with van der Waals surface area (Å²) in [6.45, 7) is 0. The van der Waals surface area contributed by atoms with Crippen LogP contribution in [-0.4, -0.2) is 46.6 Å². The Morgan fingerprint density at radius 3 is 2.71 bits per heavy atom. The fraction of sp³-hybridized carbons (Fsp3) is 0.320. The molecule has 2 N–H and O–H groups in total. The average molecular weight is 470 g/mol. The molecule has 178 valence electrons. The lowest BCUT2D eigenvalue weighted by molar-refractivity contribution is 0.362. The van der Waals surface area contributed by atoms with Gasteiger partial charge in [0.2, 0.25) is 5.95 Å². The molecule has 4 heterocycles. The Hall–Kier alpha value is -4.21. The number of nitrogens with zero attached hydrogens (tertiary/aromatic N) is 7. The lowest BCUT2D eigenvalue weighted by atomic mass is 9.95.